The van der Waals surface area contributed by atoms with Gasteiger partial charge in [-0.25, -0.2) is 9.59 Å². The number of fused-ring (bicyclic) bond motifs is 3. The molecule has 26 heavy (non-hydrogen) atoms. The Bertz CT molecular complexity index is 699. The molecule has 1 unspecified atom stereocenters. The van der Waals surface area contributed by atoms with E-state index in [1.54, 1.807) is 0 Å². The van der Waals surface area contributed by atoms with Crippen LogP contribution in [-0.4, -0.2) is 26.2 Å². The van der Waals surface area contributed by atoms with Gasteiger partial charge in [0, 0.05) is 5.41 Å². The van der Waals surface area contributed by atoms with E-state index in [0.717, 1.165) is 19.3 Å². The van der Waals surface area contributed by atoms with E-state index in [9.17, 15) is 9.59 Å². The van der Waals surface area contributed by atoms with Crippen molar-refractivity contribution in [2.75, 3.05) is 14.2 Å². The third-order valence-electron chi connectivity index (χ3n) is 7.56. The highest BCUT2D eigenvalue weighted by Gasteiger charge is 2.58. The van der Waals surface area contributed by atoms with Crippen LogP contribution >= 0.6 is 0 Å². The monoisotopic (exact) mass is 360 g/mol. The number of hydrogen-bond acceptors (Lipinski definition) is 4. The number of methoxy groups -OCH3 is 2. The van der Waals surface area contributed by atoms with Crippen LogP contribution in [0, 0.1) is 22.2 Å². The fourth-order valence-electron chi connectivity index (χ4n) is 6.47. The summed E-state index contributed by atoms with van der Waals surface area (Å²) in [5.41, 5.74) is 2.23. The summed E-state index contributed by atoms with van der Waals surface area (Å²) in [6, 6.07) is 0. The summed E-state index contributed by atoms with van der Waals surface area (Å²) in [5.74, 6) is -0.213. The van der Waals surface area contributed by atoms with Crippen LogP contribution in [0.3, 0.4) is 0 Å². The van der Waals surface area contributed by atoms with Gasteiger partial charge in [0.25, 0.3) is 0 Å². The van der Waals surface area contributed by atoms with Crippen LogP contribution in [0.1, 0.15) is 66.2 Å². The summed E-state index contributed by atoms with van der Waals surface area (Å²) in [7, 11) is 2.76. The Labute approximate surface area is 157 Å². The first-order valence-electron chi connectivity index (χ1n) is 9.73. The first kappa shape index (κ1) is 19.2. The van der Waals surface area contributed by atoms with Gasteiger partial charge >= 0.3 is 11.9 Å². The van der Waals surface area contributed by atoms with Crippen LogP contribution in [0.4, 0.5) is 0 Å². The fraction of sp³-hybridized carbons (Fsp3) is 0.727. The molecule has 0 saturated heterocycles. The maximum absolute atomic E-state index is 12.7. The molecule has 0 N–H and O–H groups in total. The summed E-state index contributed by atoms with van der Waals surface area (Å²) < 4.78 is 10.1. The van der Waals surface area contributed by atoms with Crippen molar-refractivity contribution in [1.82, 2.24) is 0 Å². The minimum atomic E-state index is -0.451. The molecule has 3 aliphatic rings. The molecule has 3 aliphatic carbocycles. The highest BCUT2D eigenvalue weighted by atomic mass is 16.5. The van der Waals surface area contributed by atoms with E-state index in [4.69, 9.17) is 9.47 Å². The molecule has 0 aromatic carbocycles. The number of hydrogen-bond donors (Lipinski definition) is 0. The zero-order valence-electron chi connectivity index (χ0n) is 17.0. The third-order valence-corrected chi connectivity index (χ3v) is 7.56. The van der Waals surface area contributed by atoms with Gasteiger partial charge in [-0.05, 0) is 48.9 Å². The summed E-state index contributed by atoms with van der Waals surface area (Å²) in [6.07, 6.45) is 8.19. The molecule has 3 atom stereocenters. The Morgan fingerprint density at radius 3 is 2.27 bits per heavy atom. The number of esters is 2. The standard InChI is InChI=1S/C22H32O4/c1-20(2)11-7-12-21(3)15(20)10-13-22(4)16(21)9-8-14(18(23)25-5)17(22)19(24)26-6/h9,15H,7-8,10-13H2,1-6H3/t15?,21-,22-/m0/s1. The maximum Gasteiger partial charge on any atom is 0.335 e. The lowest BCUT2D eigenvalue weighted by atomic mass is 9.43. The van der Waals surface area contributed by atoms with Gasteiger partial charge in [-0.1, -0.05) is 45.8 Å². The molecule has 0 aliphatic heterocycles. The summed E-state index contributed by atoms with van der Waals surface area (Å²) in [5, 5.41) is 0. The predicted molar refractivity (Wildman–Crippen MR) is 100 cm³/mol. The third kappa shape index (κ3) is 2.56. The number of allylic oxidation sites excluding steroid dienone is 2. The minimum Gasteiger partial charge on any atom is -0.466 e. The van der Waals surface area contributed by atoms with Crippen LogP contribution < -0.4 is 0 Å². The quantitative estimate of drug-likeness (QED) is 0.534. The van der Waals surface area contributed by atoms with E-state index in [1.165, 1.54) is 32.6 Å². The van der Waals surface area contributed by atoms with Gasteiger partial charge in [0.15, 0.2) is 0 Å². The van der Waals surface area contributed by atoms with Crippen molar-refractivity contribution < 1.29 is 19.1 Å². The van der Waals surface area contributed by atoms with Crippen LogP contribution in [0.2, 0.25) is 0 Å². The second-order valence-corrected chi connectivity index (χ2v) is 9.34. The summed E-state index contributed by atoms with van der Waals surface area (Å²) in [6.45, 7) is 9.27. The molecule has 0 spiro atoms. The van der Waals surface area contributed by atoms with Crippen LogP contribution in [0.25, 0.3) is 0 Å². The largest absolute Gasteiger partial charge is 0.466 e. The molecule has 0 aromatic heterocycles. The minimum absolute atomic E-state index is 0.0651. The van der Waals surface area contributed by atoms with Gasteiger partial charge in [0.2, 0.25) is 0 Å². The lowest BCUT2D eigenvalue weighted by molar-refractivity contribution is -0.141. The van der Waals surface area contributed by atoms with Crippen molar-refractivity contribution in [2.24, 2.45) is 22.2 Å². The normalized spacial score (nSPS) is 35.8. The number of carbonyl (C=O) groups excluding carboxylic acids is 2. The average Bonchev–Trinajstić information content (AvgIpc) is 2.58. The molecular weight excluding hydrogens is 328 g/mol. The van der Waals surface area contributed by atoms with Crippen molar-refractivity contribution in [3.05, 3.63) is 22.8 Å². The van der Waals surface area contributed by atoms with E-state index in [1.807, 2.05) is 0 Å². The van der Waals surface area contributed by atoms with Gasteiger partial charge < -0.3 is 9.47 Å². The number of ether oxygens (including phenoxy) is 2. The Morgan fingerprint density at radius 1 is 1.00 bits per heavy atom. The van der Waals surface area contributed by atoms with E-state index >= 15 is 0 Å². The topological polar surface area (TPSA) is 52.6 Å². The highest BCUT2D eigenvalue weighted by Crippen LogP contribution is 2.66. The molecule has 0 bridgehead atoms. The van der Waals surface area contributed by atoms with Crippen LogP contribution in [0.15, 0.2) is 22.8 Å². The van der Waals surface area contributed by atoms with E-state index in [2.05, 4.69) is 33.8 Å². The maximum atomic E-state index is 12.7. The molecule has 2 fully saturated rings. The van der Waals surface area contributed by atoms with E-state index in [-0.39, 0.29) is 5.41 Å². The van der Waals surface area contributed by atoms with Gasteiger partial charge in [-0.2, -0.15) is 0 Å². The SMILES string of the molecule is COC(=O)C1=C(C(=O)OC)[C@@]2(C)CCC3C(C)(C)CCC[C@]3(C)C2=CC1. The van der Waals surface area contributed by atoms with Gasteiger partial charge in [-0.3, -0.25) is 0 Å². The Hall–Kier alpha value is -1.58. The lowest BCUT2D eigenvalue weighted by Crippen LogP contribution is -2.52. The van der Waals surface area contributed by atoms with Gasteiger partial charge in [0.05, 0.1) is 25.4 Å². The number of rotatable bonds is 2. The average molecular weight is 360 g/mol. The molecule has 3 rings (SSSR count). The van der Waals surface area contributed by atoms with Crippen molar-refractivity contribution in [3.8, 4) is 0 Å². The molecule has 2 saturated carbocycles. The molecule has 0 aromatic rings. The first-order chi connectivity index (χ1) is 12.1. The molecule has 4 heteroatoms. The van der Waals surface area contributed by atoms with Crippen molar-refractivity contribution in [1.29, 1.82) is 0 Å². The molecule has 0 radical (unpaired) electrons. The van der Waals surface area contributed by atoms with Crippen molar-refractivity contribution in [3.63, 3.8) is 0 Å². The second kappa shape index (κ2) is 6.24. The Balaban J connectivity index is 2.14. The molecule has 0 amide bonds. The zero-order chi connectivity index (χ0) is 19.3. The zero-order valence-corrected chi connectivity index (χ0v) is 17.0. The summed E-state index contributed by atoms with van der Waals surface area (Å²) in [4.78, 5) is 25.1. The Kier molecular flexibility index (Phi) is 4.61. The smallest absolute Gasteiger partial charge is 0.335 e. The lowest BCUT2D eigenvalue weighted by Gasteiger charge is -2.60. The molecular formula is C22H32O4. The van der Waals surface area contributed by atoms with Crippen molar-refractivity contribution >= 4 is 11.9 Å². The molecule has 4 nitrogen and oxygen atoms in total. The fourth-order valence-corrected chi connectivity index (χ4v) is 6.47. The predicted octanol–water partition coefficient (Wildman–Crippen LogP) is 4.59. The van der Waals surface area contributed by atoms with Crippen molar-refractivity contribution in [2.45, 2.75) is 66.2 Å². The molecule has 0 heterocycles. The second-order valence-electron chi connectivity index (χ2n) is 9.34. The first-order valence-corrected chi connectivity index (χ1v) is 9.73. The number of carbonyl (C=O) groups is 2. The van der Waals surface area contributed by atoms with Gasteiger partial charge in [-0.15, -0.1) is 0 Å². The van der Waals surface area contributed by atoms with E-state index in [0.29, 0.717) is 28.9 Å². The van der Waals surface area contributed by atoms with Crippen LogP contribution in [-0.2, 0) is 19.1 Å². The Morgan fingerprint density at radius 2 is 1.65 bits per heavy atom. The van der Waals surface area contributed by atoms with Crippen LogP contribution in [0.5, 0.6) is 0 Å². The molecule has 144 valence electrons. The summed E-state index contributed by atoms with van der Waals surface area (Å²) >= 11 is 0. The van der Waals surface area contributed by atoms with E-state index < -0.39 is 17.4 Å². The van der Waals surface area contributed by atoms with Gasteiger partial charge in [0.1, 0.15) is 0 Å². The highest BCUT2D eigenvalue weighted by molar-refractivity contribution is 6.02.